The van der Waals surface area contributed by atoms with Gasteiger partial charge < -0.3 is 25.2 Å². The van der Waals surface area contributed by atoms with Gasteiger partial charge in [0.15, 0.2) is 11.6 Å². The Balaban J connectivity index is 1.10. The Bertz CT molecular complexity index is 1610. The van der Waals surface area contributed by atoms with Gasteiger partial charge in [-0.05, 0) is 48.6 Å². The maximum Gasteiger partial charge on any atom is 0.397 e. The van der Waals surface area contributed by atoms with Gasteiger partial charge in [0.05, 0.1) is 11.0 Å². The zero-order valence-corrected chi connectivity index (χ0v) is 23.6. The molecule has 0 atom stereocenters. The fourth-order valence-electron chi connectivity index (χ4n) is 5.31. The number of benzene rings is 1. The highest BCUT2D eigenvalue weighted by Gasteiger charge is 2.34. The maximum atomic E-state index is 12.6. The summed E-state index contributed by atoms with van der Waals surface area (Å²) in [5.74, 6) is 1.38. The Morgan fingerprint density at radius 3 is 2.65 bits per heavy atom. The molecule has 3 aromatic heterocycles. The highest BCUT2D eigenvalue weighted by molar-refractivity contribution is 5.85. The van der Waals surface area contributed by atoms with E-state index >= 15 is 0 Å². The summed E-state index contributed by atoms with van der Waals surface area (Å²) in [4.78, 5) is 38.1. The monoisotopic (exact) mass is 595 g/mol. The van der Waals surface area contributed by atoms with Gasteiger partial charge in [-0.2, -0.15) is 13.2 Å². The molecule has 0 bridgehead atoms. The average Bonchev–Trinajstić information content (AvgIpc) is 3.68. The van der Waals surface area contributed by atoms with Crippen LogP contribution in [0.25, 0.3) is 22.3 Å². The normalized spacial score (nSPS) is 16.0. The number of fused-ring (bicyclic) bond motifs is 1. The fraction of sp³-hybridized carbons (Fsp3) is 0.414. The van der Waals surface area contributed by atoms with Crippen molar-refractivity contribution in [3.05, 3.63) is 48.4 Å². The van der Waals surface area contributed by atoms with E-state index in [2.05, 4.69) is 35.1 Å². The van der Waals surface area contributed by atoms with Crippen LogP contribution in [0.2, 0.25) is 0 Å². The molecule has 11 nitrogen and oxygen atoms in total. The molecule has 6 rings (SSSR count). The Labute approximate surface area is 245 Å². The number of alkyl halides is 3. The summed E-state index contributed by atoms with van der Waals surface area (Å²) in [5.41, 5.74) is 3.61. The number of halogens is 3. The van der Waals surface area contributed by atoms with Crippen molar-refractivity contribution in [1.82, 2.24) is 34.7 Å². The molecular weight excluding hydrogens is 563 g/mol. The first-order valence-corrected chi connectivity index (χ1v) is 14.2. The van der Waals surface area contributed by atoms with Gasteiger partial charge in [0.2, 0.25) is 11.9 Å². The number of nitrogens with one attached hydrogen (secondary N) is 2. The number of pyridine rings is 1. The second kappa shape index (κ2) is 11.7. The molecule has 4 aromatic rings. The molecule has 1 aromatic carbocycles. The fourth-order valence-corrected chi connectivity index (χ4v) is 5.31. The molecule has 1 saturated heterocycles. The molecule has 0 spiro atoms. The number of carbonyl (C=O) groups is 1. The number of rotatable bonds is 9. The van der Waals surface area contributed by atoms with Gasteiger partial charge in [0, 0.05) is 58.1 Å². The van der Waals surface area contributed by atoms with Gasteiger partial charge in [0.25, 0.3) is 0 Å². The third-order valence-corrected chi connectivity index (χ3v) is 7.70. The van der Waals surface area contributed by atoms with Crippen LogP contribution in [0.1, 0.15) is 24.8 Å². The van der Waals surface area contributed by atoms with Crippen molar-refractivity contribution >= 4 is 34.5 Å². The predicted octanol–water partition coefficient (Wildman–Crippen LogP) is 4.31. The van der Waals surface area contributed by atoms with Crippen LogP contribution >= 0.6 is 0 Å². The minimum Gasteiger partial charge on any atom is -0.503 e. The first kappa shape index (κ1) is 28.6. The molecule has 14 heteroatoms. The summed E-state index contributed by atoms with van der Waals surface area (Å²) in [7, 11) is 1.92. The lowest BCUT2D eigenvalue weighted by molar-refractivity contribution is -0.162. The maximum absolute atomic E-state index is 12.6. The highest BCUT2D eigenvalue weighted by atomic mass is 19.4. The summed E-state index contributed by atoms with van der Waals surface area (Å²) in [5, 5.41) is 14.2. The SMILES string of the molecule is CN(CC1CC1)c1ncnc(-c2ccc3nc(Nc4cc(CN5CCN(C(=O)CC(F)(F)F)CC5)ccn4)[nH]c3c2)c1O. The molecule has 0 unspecified atom stereocenters. The quantitative estimate of drug-likeness (QED) is 0.260. The second-order valence-corrected chi connectivity index (χ2v) is 11.2. The molecule has 43 heavy (non-hydrogen) atoms. The lowest BCUT2D eigenvalue weighted by atomic mass is 10.1. The molecule has 1 aliphatic heterocycles. The van der Waals surface area contributed by atoms with E-state index in [9.17, 15) is 23.1 Å². The standard InChI is InChI=1S/C29H32F3N9O2/c1-39(15-18-2-3-18)27-26(43)25(34-17-35-27)20-4-5-21-22(13-20)37-28(36-21)38-23-12-19(6-7-33-23)16-40-8-10-41(11-9-40)24(42)14-29(30,31)32/h4-7,12-13,17-18,43H,2-3,8-11,14-16H2,1H3,(H2,33,36,37,38). The van der Waals surface area contributed by atoms with Crippen molar-refractivity contribution in [3.63, 3.8) is 0 Å². The molecule has 3 N–H and O–H groups in total. The summed E-state index contributed by atoms with van der Waals surface area (Å²) in [6.45, 7) is 2.91. The summed E-state index contributed by atoms with van der Waals surface area (Å²) in [6, 6.07) is 9.35. The topological polar surface area (TPSA) is 126 Å². The van der Waals surface area contributed by atoms with Crippen molar-refractivity contribution < 1.29 is 23.1 Å². The Hall–Kier alpha value is -4.46. The van der Waals surface area contributed by atoms with E-state index in [0.717, 1.165) is 28.7 Å². The van der Waals surface area contributed by atoms with E-state index < -0.39 is 18.5 Å². The van der Waals surface area contributed by atoms with Gasteiger partial charge in [-0.15, -0.1) is 0 Å². The number of anilines is 3. The molecule has 2 fully saturated rings. The number of aromatic amines is 1. The van der Waals surface area contributed by atoms with E-state index in [4.69, 9.17) is 0 Å². The van der Waals surface area contributed by atoms with Crippen LogP contribution in [0.4, 0.5) is 30.8 Å². The van der Waals surface area contributed by atoms with Gasteiger partial charge >= 0.3 is 6.18 Å². The molecule has 2 aliphatic rings. The van der Waals surface area contributed by atoms with Crippen LogP contribution in [-0.4, -0.2) is 91.7 Å². The highest BCUT2D eigenvalue weighted by Crippen LogP contribution is 2.37. The number of imidazole rings is 1. The minimum atomic E-state index is -4.49. The van der Waals surface area contributed by atoms with Crippen LogP contribution in [0, 0.1) is 5.92 Å². The Morgan fingerprint density at radius 2 is 1.91 bits per heavy atom. The molecule has 1 saturated carbocycles. The number of piperazine rings is 1. The van der Waals surface area contributed by atoms with Crippen LogP contribution in [0.15, 0.2) is 42.9 Å². The average molecular weight is 596 g/mol. The zero-order chi connectivity index (χ0) is 30.1. The minimum absolute atomic E-state index is 0.0400. The number of H-pyrrole nitrogens is 1. The number of amides is 1. The third-order valence-electron chi connectivity index (χ3n) is 7.70. The number of carbonyl (C=O) groups excluding carboxylic acids is 1. The van der Waals surface area contributed by atoms with Crippen molar-refractivity contribution in [1.29, 1.82) is 0 Å². The van der Waals surface area contributed by atoms with Crippen molar-refractivity contribution in [2.24, 2.45) is 5.92 Å². The van der Waals surface area contributed by atoms with Crippen LogP contribution in [0.5, 0.6) is 5.75 Å². The third kappa shape index (κ3) is 6.96. The number of hydrogen-bond acceptors (Lipinski definition) is 9. The lowest BCUT2D eigenvalue weighted by Gasteiger charge is -2.35. The Morgan fingerprint density at radius 1 is 1.12 bits per heavy atom. The van der Waals surface area contributed by atoms with Crippen molar-refractivity contribution in [2.75, 3.05) is 50.0 Å². The van der Waals surface area contributed by atoms with Crippen molar-refractivity contribution in [2.45, 2.75) is 32.0 Å². The predicted molar refractivity (Wildman–Crippen MR) is 155 cm³/mol. The summed E-state index contributed by atoms with van der Waals surface area (Å²) in [6.07, 6.45) is -0.369. The van der Waals surface area contributed by atoms with Crippen LogP contribution < -0.4 is 10.2 Å². The zero-order valence-electron chi connectivity index (χ0n) is 23.6. The van der Waals surface area contributed by atoms with Gasteiger partial charge in [0.1, 0.15) is 24.3 Å². The largest absolute Gasteiger partial charge is 0.503 e. The molecule has 0 radical (unpaired) electrons. The first-order chi connectivity index (χ1) is 20.6. The molecule has 1 aliphatic carbocycles. The molecular formula is C29H32F3N9O2. The van der Waals surface area contributed by atoms with E-state index in [0.29, 0.717) is 48.8 Å². The number of aromatic nitrogens is 5. The molecule has 4 heterocycles. The first-order valence-electron chi connectivity index (χ1n) is 14.2. The van der Waals surface area contributed by atoms with Gasteiger partial charge in [-0.3, -0.25) is 9.69 Å². The molecule has 1 amide bonds. The van der Waals surface area contributed by atoms with Crippen LogP contribution in [-0.2, 0) is 11.3 Å². The second-order valence-electron chi connectivity index (χ2n) is 11.2. The van der Waals surface area contributed by atoms with Gasteiger partial charge in [-0.25, -0.2) is 19.9 Å². The number of nitrogens with zero attached hydrogens (tertiary/aromatic N) is 7. The summed E-state index contributed by atoms with van der Waals surface area (Å²) >= 11 is 0. The van der Waals surface area contributed by atoms with E-state index in [-0.39, 0.29) is 18.8 Å². The smallest absolute Gasteiger partial charge is 0.397 e. The van der Waals surface area contributed by atoms with Crippen LogP contribution in [0.3, 0.4) is 0 Å². The van der Waals surface area contributed by atoms with Gasteiger partial charge in [-0.1, -0.05) is 6.07 Å². The van der Waals surface area contributed by atoms with Crippen molar-refractivity contribution in [3.8, 4) is 17.0 Å². The summed E-state index contributed by atoms with van der Waals surface area (Å²) < 4.78 is 37.7. The number of hydrogen-bond donors (Lipinski definition) is 3. The number of aromatic hydroxyl groups is 1. The van der Waals surface area contributed by atoms with E-state index in [1.54, 1.807) is 6.20 Å². The Kier molecular flexibility index (Phi) is 7.77. The van der Waals surface area contributed by atoms with E-state index in [1.165, 1.54) is 24.1 Å². The van der Waals surface area contributed by atoms with E-state index in [1.807, 2.05) is 42.3 Å². The molecule has 226 valence electrons. The lowest BCUT2D eigenvalue weighted by Crippen LogP contribution is -2.49.